The minimum Gasteiger partial charge on any atom is -0.480 e. The average molecular weight is 388 g/mol. The number of nitrogens with two attached hydrogens (primary N) is 3. The maximum absolute atomic E-state index is 10.1. The van der Waals surface area contributed by atoms with E-state index in [2.05, 4.69) is 15.9 Å². The number of hydrogen-bond donors (Lipinski definition) is 4. The predicted molar refractivity (Wildman–Crippen MR) is 95.3 cm³/mol. The topological polar surface area (TPSA) is 132 Å². The van der Waals surface area contributed by atoms with Gasteiger partial charge in [-0.05, 0) is 25.0 Å². The van der Waals surface area contributed by atoms with Crippen molar-refractivity contribution in [3.63, 3.8) is 0 Å². The zero-order chi connectivity index (χ0) is 17.7. The summed E-state index contributed by atoms with van der Waals surface area (Å²) in [6, 6.07) is 6.83. The fraction of sp³-hybridized carbons (Fsp3) is 0.500. The Morgan fingerprint density at radius 1 is 1.26 bits per heavy atom. The van der Waals surface area contributed by atoms with Crippen LogP contribution < -0.4 is 17.2 Å². The van der Waals surface area contributed by atoms with Crippen molar-refractivity contribution in [3.8, 4) is 0 Å². The van der Waals surface area contributed by atoms with E-state index in [1.807, 2.05) is 12.1 Å². The number of carbonyl (C=O) groups excluding carboxylic acids is 1. The number of carboxylic acid groups (broad SMARTS) is 1. The van der Waals surface area contributed by atoms with Crippen molar-refractivity contribution < 1.29 is 14.7 Å². The molecular formula is C16H26BrN3O3. The van der Waals surface area contributed by atoms with Crippen LogP contribution in [0.1, 0.15) is 42.5 Å². The molecule has 0 aliphatic heterocycles. The lowest BCUT2D eigenvalue weighted by Crippen LogP contribution is -2.37. The number of hydrogen-bond acceptors (Lipinski definition) is 5. The molecule has 1 aromatic carbocycles. The van der Waals surface area contributed by atoms with Gasteiger partial charge in [-0.3, -0.25) is 9.59 Å². The Labute approximate surface area is 145 Å². The molecule has 1 aliphatic carbocycles. The summed E-state index contributed by atoms with van der Waals surface area (Å²) in [6.45, 7) is -0.00463. The molecule has 1 aliphatic rings. The van der Waals surface area contributed by atoms with Gasteiger partial charge in [0.15, 0.2) is 0 Å². The Balaban J connectivity index is 0.000000320. The van der Waals surface area contributed by atoms with Crippen LogP contribution in [-0.4, -0.2) is 36.0 Å². The molecule has 0 spiro atoms. The van der Waals surface area contributed by atoms with Gasteiger partial charge in [0, 0.05) is 22.6 Å². The quantitative estimate of drug-likeness (QED) is 0.585. The number of aldehydes is 1. The molecule has 6 nitrogen and oxygen atoms in total. The third-order valence-corrected chi connectivity index (χ3v) is 3.76. The van der Waals surface area contributed by atoms with Crippen LogP contribution >= 0.6 is 15.9 Å². The van der Waals surface area contributed by atoms with Gasteiger partial charge in [-0.15, -0.1) is 0 Å². The third kappa shape index (κ3) is 11.9. The average Bonchev–Trinajstić information content (AvgIpc) is 2.56. The van der Waals surface area contributed by atoms with E-state index >= 15 is 0 Å². The van der Waals surface area contributed by atoms with Crippen LogP contribution in [0.5, 0.6) is 0 Å². The molecule has 0 bridgehead atoms. The lowest BCUT2D eigenvalue weighted by molar-refractivity contribution is -0.138. The van der Waals surface area contributed by atoms with Crippen LogP contribution in [0.25, 0.3) is 0 Å². The first-order valence-electron chi connectivity index (χ1n) is 7.55. The summed E-state index contributed by atoms with van der Waals surface area (Å²) in [4.78, 5) is 19.8. The van der Waals surface area contributed by atoms with Gasteiger partial charge in [0.1, 0.15) is 12.3 Å². The van der Waals surface area contributed by atoms with Crippen LogP contribution in [0.3, 0.4) is 0 Å². The minimum absolute atomic E-state index is 0.00463. The molecule has 1 saturated carbocycles. The SMILES string of the molecule is NC1CCCCC1.NC[C@H](N)C(=O)O.O=Cc1ccc(Br)cc1. The number of carbonyl (C=O) groups is 2. The molecule has 0 unspecified atom stereocenters. The summed E-state index contributed by atoms with van der Waals surface area (Å²) >= 11 is 3.26. The van der Waals surface area contributed by atoms with Gasteiger partial charge in [-0.2, -0.15) is 0 Å². The molecule has 2 rings (SSSR count). The summed E-state index contributed by atoms with van der Waals surface area (Å²) in [5.41, 5.74) is 16.1. The van der Waals surface area contributed by atoms with Gasteiger partial charge in [0.2, 0.25) is 0 Å². The van der Waals surface area contributed by atoms with E-state index in [0.717, 1.165) is 10.8 Å². The lowest BCUT2D eigenvalue weighted by Gasteiger charge is -2.15. The summed E-state index contributed by atoms with van der Waals surface area (Å²) in [6.07, 6.45) is 7.49. The highest BCUT2D eigenvalue weighted by Crippen LogP contribution is 2.14. The van der Waals surface area contributed by atoms with Crippen molar-refractivity contribution in [3.05, 3.63) is 34.3 Å². The standard InChI is InChI=1S/C7H5BrO.C6H13N.C3H8N2O2/c8-7-3-1-6(5-9)2-4-7;7-6-4-2-1-3-5-6;4-1-2(5)3(6)7/h1-5H;6H,1-5,7H2;2H,1,4-5H2,(H,6,7)/t;;2-/m..0/s1. The molecule has 0 radical (unpaired) electrons. The summed E-state index contributed by atoms with van der Waals surface area (Å²) in [5.74, 6) is -1.05. The summed E-state index contributed by atoms with van der Waals surface area (Å²) < 4.78 is 0.994. The highest BCUT2D eigenvalue weighted by molar-refractivity contribution is 9.10. The lowest BCUT2D eigenvalue weighted by atomic mass is 9.97. The van der Waals surface area contributed by atoms with Crippen LogP contribution in [0.4, 0.5) is 0 Å². The van der Waals surface area contributed by atoms with Crippen LogP contribution in [-0.2, 0) is 4.79 Å². The molecule has 7 N–H and O–H groups in total. The molecule has 23 heavy (non-hydrogen) atoms. The highest BCUT2D eigenvalue weighted by Gasteiger charge is 2.06. The first-order valence-corrected chi connectivity index (χ1v) is 8.34. The predicted octanol–water partition coefficient (Wildman–Crippen LogP) is 1.90. The Hall–Kier alpha value is -1.28. The van der Waals surface area contributed by atoms with E-state index in [4.69, 9.17) is 22.3 Å². The second-order valence-electron chi connectivity index (χ2n) is 5.25. The Morgan fingerprint density at radius 3 is 2.04 bits per heavy atom. The molecule has 1 aromatic rings. The molecule has 1 fully saturated rings. The van der Waals surface area contributed by atoms with Crippen molar-refractivity contribution in [2.75, 3.05) is 6.54 Å². The maximum atomic E-state index is 10.1. The smallest absolute Gasteiger partial charge is 0.321 e. The molecule has 130 valence electrons. The number of aliphatic carboxylic acids is 1. The largest absolute Gasteiger partial charge is 0.480 e. The van der Waals surface area contributed by atoms with Crippen molar-refractivity contribution in [2.24, 2.45) is 17.2 Å². The molecule has 0 aromatic heterocycles. The van der Waals surface area contributed by atoms with Crippen LogP contribution in [0.2, 0.25) is 0 Å². The first kappa shape index (κ1) is 21.7. The van der Waals surface area contributed by atoms with Crippen molar-refractivity contribution in [1.29, 1.82) is 0 Å². The summed E-state index contributed by atoms with van der Waals surface area (Å²) in [7, 11) is 0. The summed E-state index contributed by atoms with van der Waals surface area (Å²) in [5, 5.41) is 7.98. The number of benzene rings is 1. The molecule has 7 heteroatoms. The van der Waals surface area contributed by atoms with E-state index in [0.29, 0.717) is 11.6 Å². The van der Waals surface area contributed by atoms with E-state index in [9.17, 15) is 9.59 Å². The fourth-order valence-corrected chi connectivity index (χ4v) is 2.04. The molecule has 0 saturated heterocycles. The zero-order valence-corrected chi connectivity index (χ0v) is 14.7. The van der Waals surface area contributed by atoms with Gasteiger partial charge in [-0.1, -0.05) is 47.3 Å². The molecule has 0 amide bonds. The van der Waals surface area contributed by atoms with Gasteiger partial charge in [0.05, 0.1) is 0 Å². The third-order valence-electron chi connectivity index (χ3n) is 3.23. The van der Waals surface area contributed by atoms with Crippen molar-refractivity contribution in [1.82, 2.24) is 0 Å². The van der Waals surface area contributed by atoms with Gasteiger partial charge in [0.25, 0.3) is 0 Å². The normalized spacial score (nSPS) is 15.3. The monoisotopic (exact) mass is 387 g/mol. The minimum atomic E-state index is -1.05. The highest BCUT2D eigenvalue weighted by atomic mass is 79.9. The maximum Gasteiger partial charge on any atom is 0.321 e. The Bertz CT molecular complexity index is 448. The first-order chi connectivity index (χ1) is 10.9. The zero-order valence-electron chi connectivity index (χ0n) is 13.2. The number of rotatable bonds is 3. The Morgan fingerprint density at radius 2 is 1.78 bits per heavy atom. The van der Waals surface area contributed by atoms with Crippen molar-refractivity contribution >= 4 is 28.2 Å². The van der Waals surface area contributed by atoms with Gasteiger partial charge in [-0.25, -0.2) is 0 Å². The van der Waals surface area contributed by atoms with Crippen molar-refractivity contribution in [2.45, 2.75) is 44.2 Å². The van der Waals surface area contributed by atoms with Gasteiger partial charge < -0.3 is 22.3 Å². The van der Waals surface area contributed by atoms with E-state index in [-0.39, 0.29) is 6.54 Å². The number of carboxylic acids is 1. The molecular weight excluding hydrogens is 362 g/mol. The fourth-order valence-electron chi connectivity index (χ4n) is 1.78. The van der Waals surface area contributed by atoms with E-state index in [1.54, 1.807) is 12.1 Å². The second kappa shape index (κ2) is 13.2. The van der Waals surface area contributed by atoms with E-state index < -0.39 is 12.0 Å². The Kier molecular flexibility index (Phi) is 12.5. The van der Waals surface area contributed by atoms with Crippen LogP contribution in [0, 0.1) is 0 Å². The number of halogens is 1. The van der Waals surface area contributed by atoms with E-state index in [1.165, 1.54) is 32.1 Å². The van der Waals surface area contributed by atoms with Crippen LogP contribution in [0.15, 0.2) is 28.7 Å². The second-order valence-corrected chi connectivity index (χ2v) is 6.16. The molecule has 0 heterocycles. The van der Waals surface area contributed by atoms with Gasteiger partial charge >= 0.3 is 5.97 Å². The molecule has 1 atom stereocenters.